The molecule has 0 aliphatic heterocycles. The van der Waals surface area contributed by atoms with Crippen molar-refractivity contribution in [3.8, 4) is 0 Å². The molecule has 0 aromatic heterocycles. The summed E-state index contributed by atoms with van der Waals surface area (Å²) in [6.07, 6.45) is 22.3. The first-order chi connectivity index (χ1) is 16.0. The maximum Gasteiger partial charge on any atom is 0.305 e. The van der Waals surface area contributed by atoms with E-state index in [2.05, 4.69) is 27.7 Å². The Bertz CT molecular complexity index is 425. The van der Waals surface area contributed by atoms with Gasteiger partial charge in [-0.15, -0.1) is 0 Å². The molecule has 4 heteroatoms. The molecule has 0 spiro atoms. The second-order valence-electron chi connectivity index (χ2n) is 10.3. The Morgan fingerprint density at radius 1 is 0.515 bits per heavy atom. The van der Waals surface area contributed by atoms with Gasteiger partial charge in [0.1, 0.15) is 0 Å². The molecular formula is C29H56O4. The summed E-state index contributed by atoms with van der Waals surface area (Å²) in [6.45, 7) is 9.31. The van der Waals surface area contributed by atoms with E-state index in [0.29, 0.717) is 26.1 Å². The number of esters is 2. The summed E-state index contributed by atoms with van der Waals surface area (Å²) in [5, 5.41) is 0. The van der Waals surface area contributed by atoms with Crippen LogP contribution in [-0.4, -0.2) is 25.2 Å². The zero-order valence-electron chi connectivity index (χ0n) is 22.7. The summed E-state index contributed by atoms with van der Waals surface area (Å²) < 4.78 is 11.1. The lowest BCUT2D eigenvalue weighted by Crippen LogP contribution is -2.31. The number of carbonyl (C=O) groups excluding carboxylic acids is 2. The fourth-order valence-corrected chi connectivity index (χ4v) is 4.25. The van der Waals surface area contributed by atoms with Crippen LogP contribution in [0.4, 0.5) is 0 Å². The van der Waals surface area contributed by atoms with Crippen LogP contribution in [-0.2, 0) is 19.1 Å². The average molecular weight is 469 g/mol. The molecule has 0 radical (unpaired) electrons. The molecule has 0 fully saturated rings. The maximum atomic E-state index is 12.2. The molecule has 0 saturated heterocycles. The molecule has 0 aromatic rings. The van der Waals surface area contributed by atoms with Crippen LogP contribution in [0.5, 0.6) is 0 Å². The van der Waals surface area contributed by atoms with Crippen LogP contribution in [0.1, 0.15) is 156 Å². The fourth-order valence-electron chi connectivity index (χ4n) is 4.25. The minimum atomic E-state index is -0.293. The van der Waals surface area contributed by atoms with Crippen LogP contribution >= 0.6 is 0 Å². The molecule has 0 unspecified atom stereocenters. The predicted octanol–water partition coefficient (Wildman–Crippen LogP) is 8.94. The first kappa shape index (κ1) is 31.9. The zero-order valence-corrected chi connectivity index (χ0v) is 22.7. The topological polar surface area (TPSA) is 52.6 Å². The van der Waals surface area contributed by atoms with E-state index in [1.807, 2.05) is 0 Å². The SMILES string of the molecule is CCCCCCCCCCC(=O)OCC(C)(CCC)COC(=O)CCCCCCCCCC. The highest BCUT2D eigenvalue weighted by molar-refractivity contribution is 5.69. The average Bonchev–Trinajstić information content (AvgIpc) is 2.80. The van der Waals surface area contributed by atoms with E-state index in [1.54, 1.807) is 0 Å². The lowest BCUT2D eigenvalue weighted by atomic mass is 9.87. The molecule has 0 N–H and O–H groups in total. The van der Waals surface area contributed by atoms with Crippen LogP contribution in [0.2, 0.25) is 0 Å². The monoisotopic (exact) mass is 468 g/mol. The van der Waals surface area contributed by atoms with Gasteiger partial charge in [-0.25, -0.2) is 0 Å². The Kier molecular flexibility index (Phi) is 22.0. The Morgan fingerprint density at radius 2 is 0.848 bits per heavy atom. The van der Waals surface area contributed by atoms with E-state index >= 15 is 0 Å². The molecule has 0 aromatic carbocycles. The Morgan fingerprint density at radius 3 is 1.18 bits per heavy atom. The van der Waals surface area contributed by atoms with Crippen molar-refractivity contribution in [2.75, 3.05) is 13.2 Å². The number of rotatable bonds is 24. The van der Waals surface area contributed by atoms with Gasteiger partial charge in [-0.1, -0.05) is 124 Å². The van der Waals surface area contributed by atoms with Crippen LogP contribution in [0, 0.1) is 5.41 Å². The smallest absolute Gasteiger partial charge is 0.305 e. The molecule has 33 heavy (non-hydrogen) atoms. The molecule has 0 aliphatic carbocycles. The summed E-state index contributed by atoms with van der Waals surface area (Å²) in [5.74, 6) is -0.234. The normalized spacial score (nSPS) is 11.5. The van der Waals surface area contributed by atoms with Crippen LogP contribution in [0.25, 0.3) is 0 Å². The van der Waals surface area contributed by atoms with Gasteiger partial charge in [-0.05, 0) is 19.3 Å². The van der Waals surface area contributed by atoms with Crippen molar-refractivity contribution in [2.24, 2.45) is 5.41 Å². The second kappa shape index (κ2) is 22.7. The molecule has 0 aliphatic rings. The number of hydrogen-bond acceptors (Lipinski definition) is 4. The maximum absolute atomic E-state index is 12.2. The van der Waals surface area contributed by atoms with Gasteiger partial charge in [0, 0.05) is 18.3 Å². The lowest BCUT2D eigenvalue weighted by molar-refractivity contribution is -0.153. The molecule has 0 bridgehead atoms. The van der Waals surface area contributed by atoms with E-state index in [-0.39, 0.29) is 17.4 Å². The Balaban J connectivity index is 3.93. The van der Waals surface area contributed by atoms with Gasteiger partial charge in [-0.2, -0.15) is 0 Å². The number of ether oxygens (including phenoxy) is 2. The van der Waals surface area contributed by atoms with Crippen molar-refractivity contribution in [2.45, 2.75) is 156 Å². The van der Waals surface area contributed by atoms with Crippen LogP contribution < -0.4 is 0 Å². The minimum Gasteiger partial charge on any atom is -0.465 e. The summed E-state index contributed by atoms with van der Waals surface area (Å²) in [6, 6.07) is 0. The highest BCUT2D eigenvalue weighted by atomic mass is 16.5. The van der Waals surface area contributed by atoms with Gasteiger partial charge in [0.25, 0.3) is 0 Å². The van der Waals surface area contributed by atoms with Gasteiger partial charge in [0.2, 0.25) is 0 Å². The second-order valence-corrected chi connectivity index (χ2v) is 10.3. The molecule has 0 rings (SSSR count). The Labute approximate surface area is 206 Å². The quantitative estimate of drug-likeness (QED) is 0.105. The molecule has 0 heterocycles. The standard InChI is InChI=1S/C29H56O4/c1-5-8-10-12-14-16-18-20-22-27(30)32-25-29(4,24-7-3)26-33-28(31)23-21-19-17-15-13-11-9-6-2/h5-26H2,1-4H3. The molecule has 0 atom stereocenters. The summed E-state index contributed by atoms with van der Waals surface area (Å²) in [5.41, 5.74) is -0.293. The molecule has 0 saturated carbocycles. The lowest BCUT2D eigenvalue weighted by Gasteiger charge is -2.28. The number of unbranched alkanes of at least 4 members (excludes halogenated alkanes) is 14. The highest BCUT2D eigenvalue weighted by Crippen LogP contribution is 2.25. The fraction of sp³-hybridized carbons (Fsp3) is 0.931. The van der Waals surface area contributed by atoms with E-state index in [1.165, 1.54) is 77.0 Å². The van der Waals surface area contributed by atoms with Crippen molar-refractivity contribution in [1.29, 1.82) is 0 Å². The first-order valence-electron chi connectivity index (χ1n) is 14.3. The highest BCUT2D eigenvalue weighted by Gasteiger charge is 2.27. The summed E-state index contributed by atoms with van der Waals surface area (Å²) >= 11 is 0. The van der Waals surface area contributed by atoms with Gasteiger partial charge < -0.3 is 9.47 Å². The Hall–Kier alpha value is -1.06. The van der Waals surface area contributed by atoms with Crippen molar-refractivity contribution in [1.82, 2.24) is 0 Å². The molecule has 0 amide bonds. The minimum absolute atomic E-state index is 0.117. The van der Waals surface area contributed by atoms with Gasteiger partial charge >= 0.3 is 11.9 Å². The van der Waals surface area contributed by atoms with Crippen LogP contribution in [0.15, 0.2) is 0 Å². The van der Waals surface area contributed by atoms with E-state index < -0.39 is 0 Å². The van der Waals surface area contributed by atoms with Crippen molar-refractivity contribution < 1.29 is 19.1 Å². The predicted molar refractivity (Wildman–Crippen MR) is 139 cm³/mol. The van der Waals surface area contributed by atoms with Gasteiger partial charge in [0.05, 0.1) is 13.2 Å². The van der Waals surface area contributed by atoms with Crippen LogP contribution in [0.3, 0.4) is 0 Å². The summed E-state index contributed by atoms with van der Waals surface area (Å²) in [7, 11) is 0. The first-order valence-corrected chi connectivity index (χ1v) is 14.3. The number of carbonyl (C=O) groups is 2. The molecule has 4 nitrogen and oxygen atoms in total. The molecular weight excluding hydrogens is 412 g/mol. The third-order valence-corrected chi connectivity index (χ3v) is 6.49. The summed E-state index contributed by atoms with van der Waals surface area (Å²) in [4.78, 5) is 24.3. The third kappa shape index (κ3) is 21.2. The van der Waals surface area contributed by atoms with Gasteiger partial charge in [-0.3, -0.25) is 9.59 Å². The van der Waals surface area contributed by atoms with Crippen molar-refractivity contribution >= 4 is 11.9 Å². The number of hydrogen-bond donors (Lipinski definition) is 0. The third-order valence-electron chi connectivity index (χ3n) is 6.49. The zero-order chi connectivity index (χ0) is 24.6. The van der Waals surface area contributed by atoms with E-state index in [9.17, 15) is 9.59 Å². The van der Waals surface area contributed by atoms with Crippen molar-refractivity contribution in [3.05, 3.63) is 0 Å². The largest absolute Gasteiger partial charge is 0.465 e. The van der Waals surface area contributed by atoms with E-state index in [0.717, 1.165) is 38.5 Å². The van der Waals surface area contributed by atoms with Gasteiger partial charge in [0.15, 0.2) is 0 Å². The van der Waals surface area contributed by atoms with Crippen molar-refractivity contribution in [3.63, 3.8) is 0 Å². The van der Waals surface area contributed by atoms with E-state index in [4.69, 9.17) is 9.47 Å². The molecule has 196 valence electrons.